The fourth-order valence-electron chi connectivity index (χ4n) is 2.71. The van der Waals surface area contributed by atoms with E-state index in [1.807, 2.05) is 48.5 Å². The zero-order valence-electron chi connectivity index (χ0n) is 12.0. The number of benzene rings is 3. The minimum absolute atomic E-state index is 0.301. The zero-order chi connectivity index (χ0) is 15.8. The maximum Gasteiger partial charge on any atom is 0.270 e. The van der Waals surface area contributed by atoms with Crippen molar-refractivity contribution in [3.05, 3.63) is 71.8 Å². The van der Waals surface area contributed by atoms with Crippen LogP contribution in [0, 0.1) is 0 Å². The van der Waals surface area contributed by atoms with Crippen molar-refractivity contribution in [3.8, 4) is 0 Å². The highest BCUT2D eigenvalue weighted by molar-refractivity contribution is 7.99. The first-order valence-corrected chi connectivity index (χ1v) is 7.95. The molecule has 23 heavy (non-hydrogen) atoms. The molecule has 1 aliphatic heterocycles. The summed E-state index contributed by atoms with van der Waals surface area (Å²) in [6.07, 6.45) is 0. The Balaban J connectivity index is 1.95. The van der Waals surface area contributed by atoms with Gasteiger partial charge in [-0.2, -0.15) is 0 Å². The highest BCUT2D eigenvalue weighted by atomic mass is 32.2. The fraction of sp³-hybridized carbons (Fsp3) is 0. The standard InChI is InChI=1S/C18H12N2O2S/c21-17-13-8-4-7-12-15(23-11-5-2-1-3-6-11)10-9-14(16(12)13)18(22)20-19-17/h1-10H,(H,19,21)(H,20,22). The average Bonchev–Trinajstić information content (AvgIpc) is 2.71. The molecule has 0 spiro atoms. The third kappa shape index (κ3) is 2.35. The van der Waals surface area contributed by atoms with Gasteiger partial charge in [-0.05, 0) is 35.7 Å². The third-order valence-corrected chi connectivity index (χ3v) is 4.83. The predicted octanol–water partition coefficient (Wildman–Crippen LogP) is 3.38. The van der Waals surface area contributed by atoms with Gasteiger partial charge >= 0.3 is 0 Å². The Kier molecular flexibility index (Phi) is 3.28. The van der Waals surface area contributed by atoms with E-state index in [2.05, 4.69) is 10.9 Å². The molecular weight excluding hydrogens is 308 g/mol. The van der Waals surface area contributed by atoms with Crippen molar-refractivity contribution in [1.82, 2.24) is 10.9 Å². The molecule has 0 aliphatic carbocycles. The van der Waals surface area contributed by atoms with Gasteiger partial charge in [0, 0.05) is 26.3 Å². The lowest BCUT2D eigenvalue weighted by molar-refractivity contribution is 0.0854. The molecule has 0 aromatic heterocycles. The maximum atomic E-state index is 12.2. The summed E-state index contributed by atoms with van der Waals surface area (Å²) in [5.41, 5.74) is 5.86. The Bertz CT molecular complexity index is 916. The van der Waals surface area contributed by atoms with Gasteiger partial charge in [-0.3, -0.25) is 20.4 Å². The van der Waals surface area contributed by atoms with Gasteiger partial charge in [0.25, 0.3) is 11.8 Å². The molecule has 0 atom stereocenters. The van der Waals surface area contributed by atoms with Crippen LogP contribution in [0.4, 0.5) is 0 Å². The molecule has 1 heterocycles. The minimum atomic E-state index is -0.301. The number of hydrogen-bond donors (Lipinski definition) is 2. The highest BCUT2D eigenvalue weighted by Gasteiger charge is 2.22. The number of carbonyl (C=O) groups is 2. The summed E-state index contributed by atoms with van der Waals surface area (Å²) in [5, 5.41) is 1.60. The lowest BCUT2D eigenvalue weighted by Crippen LogP contribution is -2.39. The second-order valence-electron chi connectivity index (χ2n) is 5.16. The smallest absolute Gasteiger partial charge is 0.267 e. The summed E-state index contributed by atoms with van der Waals surface area (Å²) in [6, 6.07) is 19.2. The van der Waals surface area contributed by atoms with Crippen molar-refractivity contribution >= 4 is 34.3 Å². The minimum Gasteiger partial charge on any atom is -0.267 e. The van der Waals surface area contributed by atoms with Crippen LogP contribution in [0.15, 0.2) is 70.5 Å². The molecule has 0 fully saturated rings. The van der Waals surface area contributed by atoms with E-state index >= 15 is 0 Å². The maximum absolute atomic E-state index is 12.2. The Morgan fingerprint density at radius 1 is 0.696 bits per heavy atom. The largest absolute Gasteiger partial charge is 0.270 e. The van der Waals surface area contributed by atoms with E-state index in [1.165, 1.54) is 0 Å². The van der Waals surface area contributed by atoms with E-state index in [0.29, 0.717) is 16.5 Å². The summed E-state index contributed by atoms with van der Waals surface area (Å²) in [6.45, 7) is 0. The molecule has 0 bridgehead atoms. The molecule has 0 unspecified atom stereocenters. The van der Waals surface area contributed by atoms with Gasteiger partial charge < -0.3 is 0 Å². The van der Waals surface area contributed by atoms with Crippen LogP contribution in [0.5, 0.6) is 0 Å². The van der Waals surface area contributed by atoms with Crippen molar-refractivity contribution in [1.29, 1.82) is 0 Å². The van der Waals surface area contributed by atoms with Crippen LogP contribution in [0.3, 0.4) is 0 Å². The first-order valence-electron chi connectivity index (χ1n) is 7.13. The second-order valence-corrected chi connectivity index (χ2v) is 6.28. The molecular formula is C18H12N2O2S. The van der Waals surface area contributed by atoms with Crippen LogP contribution < -0.4 is 10.9 Å². The van der Waals surface area contributed by atoms with Crippen LogP contribution >= 0.6 is 11.8 Å². The number of nitrogens with one attached hydrogen (secondary N) is 2. The Labute approximate surface area is 136 Å². The summed E-state index contributed by atoms with van der Waals surface area (Å²) in [7, 11) is 0. The van der Waals surface area contributed by atoms with Gasteiger partial charge in [-0.15, -0.1) is 0 Å². The van der Waals surface area contributed by atoms with Crippen LogP contribution in [0.25, 0.3) is 10.8 Å². The summed E-state index contributed by atoms with van der Waals surface area (Å²) >= 11 is 1.61. The van der Waals surface area contributed by atoms with E-state index in [4.69, 9.17) is 0 Å². The molecule has 0 saturated carbocycles. The van der Waals surface area contributed by atoms with E-state index in [-0.39, 0.29) is 11.8 Å². The number of carbonyl (C=O) groups excluding carboxylic acids is 2. The highest BCUT2D eigenvalue weighted by Crippen LogP contribution is 2.36. The third-order valence-electron chi connectivity index (χ3n) is 3.75. The number of rotatable bonds is 2. The van der Waals surface area contributed by atoms with Crippen LogP contribution in [-0.4, -0.2) is 11.8 Å². The molecule has 4 rings (SSSR count). The molecule has 5 heteroatoms. The summed E-state index contributed by atoms with van der Waals surface area (Å²) < 4.78 is 0. The molecule has 4 nitrogen and oxygen atoms in total. The average molecular weight is 320 g/mol. The fourth-order valence-corrected chi connectivity index (χ4v) is 3.67. The van der Waals surface area contributed by atoms with Gasteiger partial charge in [0.1, 0.15) is 0 Å². The number of hydrazine groups is 1. The Hall–Kier alpha value is -2.79. The monoisotopic (exact) mass is 320 g/mol. The number of hydrogen-bond acceptors (Lipinski definition) is 3. The molecule has 3 aromatic rings. The van der Waals surface area contributed by atoms with Gasteiger partial charge in [-0.1, -0.05) is 42.1 Å². The van der Waals surface area contributed by atoms with Crippen molar-refractivity contribution < 1.29 is 9.59 Å². The molecule has 2 N–H and O–H groups in total. The SMILES string of the molecule is O=C1NNC(=O)c2ccc(Sc3ccccc3)c3cccc1c23. The molecule has 112 valence electrons. The molecule has 2 amide bonds. The second kappa shape index (κ2) is 5.44. The lowest BCUT2D eigenvalue weighted by Gasteiger charge is -2.10. The van der Waals surface area contributed by atoms with E-state index in [0.717, 1.165) is 15.2 Å². The quantitative estimate of drug-likeness (QED) is 0.761. The summed E-state index contributed by atoms with van der Waals surface area (Å²) in [5.74, 6) is -0.603. The van der Waals surface area contributed by atoms with E-state index < -0.39 is 0 Å². The van der Waals surface area contributed by atoms with Crippen LogP contribution in [0.2, 0.25) is 0 Å². The zero-order valence-corrected chi connectivity index (χ0v) is 12.8. The first kappa shape index (κ1) is 13.8. The normalized spacial score (nSPS) is 13.4. The molecule has 1 aliphatic rings. The van der Waals surface area contributed by atoms with Crippen molar-refractivity contribution in [2.24, 2.45) is 0 Å². The van der Waals surface area contributed by atoms with Crippen LogP contribution in [0.1, 0.15) is 20.7 Å². The van der Waals surface area contributed by atoms with Crippen molar-refractivity contribution in [3.63, 3.8) is 0 Å². The van der Waals surface area contributed by atoms with Gasteiger partial charge in [0.05, 0.1) is 0 Å². The number of amides is 2. The Morgan fingerprint density at radius 2 is 1.39 bits per heavy atom. The molecule has 3 aromatic carbocycles. The van der Waals surface area contributed by atoms with Crippen molar-refractivity contribution in [2.75, 3.05) is 0 Å². The topological polar surface area (TPSA) is 58.2 Å². The van der Waals surface area contributed by atoms with E-state index in [9.17, 15) is 9.59 Å². The summed E-state index contributed by atoms with van der Waals surface area (Å²) in [4.78, 5) is 26.5. The van der Waals surface area contributed by atoms with E-state index in [1.54, 1.807) is 23.9 Å². The molecule has 0 radical (unpaired) electrons. The van der Waals surface area contributed by atoms with Gasteiger partial charge in [0.2, 0.25) is 0 Å². The van der Waals surface area contributed by atoms with Crippen LogP contribution in [-0.2, 0) is 0 Å². The Morgan fingerprint density at radius 3 is 2.13 bits per heavy atom. The first-order chi connectivity index (χ1) is 11.2. The lowest BCUT2D eigenvalue weighted by atomic mass is 9.99. The van der Waals surface area contributed by atoms with Crippen molar-refractivity contribution in [2.45, 2.75) is 9.79 Å². The molecule has 0 saturated heterocycles. The van der Waals surface area contributed by atoms with Gasteiger partial charge in [0.15, 0.2) is 0 Å². The van der Waals surface area contributed by atoms with Gasteiger partial charge in [-0.25, -0.2) is 0 Å². The predicted molar refractivity (Wildman–Crippen MR) is 89.4 cm³/mol.